The van der Waals surface area contributed by atoms with Gasteiger partial charge in [-0.3, -0.25) is 4.79 Å². The summed E-state index contributed by atoms with van der Waals surface area (Å²) in [5.41, 5.74) is 2.75. The predicted octanol–water partition coefficient (Wildman–Crippen LogP) is 3.31. The molecule has 0 saturated carbocycles. The Labute approximate surface area is 141 Å². The number of amides is 1. The molecule has 1 heterocycles. The Hall–Kier alpha value is -2.37. The van der Waals surface area contributed by atoms with Gasteiger partial charge in [-0.2, -0.15) is 0 Å². The van der Waals surface area contributed by atoms with Crippen LogP contribution >= 0.6 is 0 Å². The Balaban J connectivity index is 1.53. The summed E-state index contributed by atoms with van der Waals surface area (Å²) in [5, 5.41) is 2.91. The first-order valence-corrected chi connectivity index (χ1v) is 8.01. The van der Waals surface area contributed by atoms with E-state index in [9.17, 15) is 4.79 Å². The Kier molecular flexibility index (Phi) is 5.46. The van der Waals surface area contributed by atoms with Crippen molar-refractivity contribution in [1.82, 2.24) is 0 Å². The molecule has 24 heavy (non-hydrogen) atoms. The minimum atomic E-state index is -0.291. The predicted molar refractivity (Wildman–Crippen MR) is 91.0 cm³/mol. The second-order valence-corrected chi connectivity index (χ2v) is 5.56. The number of aryl methyl sites for hydroxylation is 1. The number of methoxy groups -OCH3 is 1. The first kappa shape index (κ1) is 16.5. The lowest BCUT2D eigenvalue weighted by Gasteiger charge is -2.11. The molecule has 1 N–H and O–H groups in total. The summed E-state index contributed by atoms with van der Waals surface area (Å²) in [5.74, 6) is 0.785. The molecule has 1 saturated heterocycles. The molecule has 5 nitrogen and oxygen atoms in total. The van der Waals surface area contributed by atoms with Gasteiger partial charge in [-0.25, -0.2) is 0 Å². The van der Waals surface area contributed by atoms with Crippen molar-refractivity contribution in [3.63, 3.8) is 0 Å². The van der Waals surface area contributed by atoms with E-state index in [1.807, 2.05) is 48.5 Å². The summed E-state index contributed by atoms with van der Waals surface area (Å²) in [7, 11) is 1.64. The number of ether oxygens (including phenoxy) is 3. The van der Waals surface area contributed by atoms with Crippen LogP contribution in [0.5, 0.6) is 5.75 Å². The number of hydrogen-bond acceptors (Lipinski definition) is 4. The molecular formula is C19H21NO4. The largest absolute Gasteiger partial charge is 0.496 e. The fraction of sp³-hybridized carbons (Fsp3) is 0.316. The molecule has 0 unspecified atom stereocenters. The number of nitrogens with one attached hydrogen (secondary N) is 1. The minimum absolute atomic E-state index is 0.0259. The van der Waals surface area contributed by atoms with Crippen LogP contribution in [-0.2, 0) is 20.7 Å². The molecule has 3 rings (SSSR count). The fourth-order valence-corrected chi connectivity index (χ4v) is 2.66. The van der Waals surface area contributed by atoms with Gasteiger partial charge in [0.25, 0.3) is 0 Å². The molecule has 0 spiro atoms. The van der Waals surface area contributed by atoms with Gasteiger partial charge in [-0.05, 0) is 30.2 Å². The number of carbonyl (C=O) groups excluding carboxylic acids is 1. The monoisotopic (exact) mass is 327 g/mol. The smallest absolute Gasteiger partial charge is 0.224 e. The van der Waals surface area contributed by atoms with E-state index in [0.717, 1.165) is 22.6 Å². The standard InChI is InChI=1S/C19H21NO4/c1-22-17-5-3-2-4-14(17)8-11-18(21)20-16-9-6-15(7-10-16)19-23-12-13-24-19/h2-7,9-10,19H,8,11-13H2,1H3,(H,20,21). The maximum absolute atomic E-state index is 12.1. The summed E-state index contributed by atoms with van der Waals surface area (Å²) < 4.78 is 16.2. The van der Waals surface area contributed by atoms with Gasteiger partial charge in [-0.15, -0.1) is 0 Å². The molecule has 1 aliphatic heterocycles. The number of hydrogen-bond donors (Lipinski definition) is 1. The summed E-state index contributed by atoms with van der Waals surface area (Å²) in [4.78, 5) is 12.1. The summed E-state index contributed by atoms with van der Waals surface area (Å²) in [6, 6.07) is 15.3. The van der Waals surface area contributed by atoms with Gasteiger partial charge < -0.3 is 19.5 Å². The Bertz CT molecular complexity index is 678. The molecule has 0 atom stereocenters. The van der Waals surface area contributed by atoms with Gasteiger partial charge >= 0.3 is 0 Å². The highest BCUT2D eigenvalue weighted by Crippen LogP contribution is 2.24. The van der Waals surface area contributed by atoms with Crippen LogP contribution in [0.15, 0.2) is 48.5 Å². The highest BCUT2D eigenvalue weighted by atomic mass is 16.7. The van der Waals surface area contributed by atoms with Gasteiger partial charge in [0, 0.05) is 17.7 Å². The van der Waals surface area contributed by atoms with E-state index in [2.05, 4.69) is 5.32 Å². The molecule has 0 aromatic heterocycles. The van der Waals surface area contributed by atoms with Crippen LogP contribution in [0, 0.1) is 0 Å². The summed E-state index contributed by atoms with van der Waals surface area (Å²) in [6.07, 6.45) is 0.745. The molecule has 2 aromatic carbocycles. The third-order valence-electron chi connectivity index (χ3n) is 3.90. The highest BCUT2D eigenvalue weighted by molar-refractivity contribution is 5.90. The van der Waals surface area contributed by atoms with Crippen molar-refractivity contribution in [1.29, 1.82) is 0 Å². The zero-order valence-corrected chi connectivity index (χ0v) is 13.7. The quantitative estimate of drug-likeness (QED) is 0.884. The van der Waals surface area contributed by atoms with Crippen molar-refractivity contribution in [3.8, 4) is 5.75 Å². The van der Waals surface area contributed by atoms with E-state index in [1.54, 1.807) is 7.11 Å². The third-order valence-corrected chi connectivity index (χ3v) is 3.90. The lowest BCUT2D eigenvalue weighted by molar-refractivity contribution is -0.116. The van der Waals surface area contributed by atoms with Crippen molar-refractivity contribution in [2.45, 2.75) is 19.1 Å². The van der Waals surface area contributed by atoms with Crippen molar-refractivity contribution in [2.24, 2.45) is 0 Å². The first-order chi connectivity index (χ1) is 11.8. The Morgan fingerprint density at radius 3 is 2.54 bits per heavy atom. The number of rotatable bonds is 6. The zero-order valence-electron chi connectivity index (χ0n) is 13.7. The normalized spacial score (nSPS) is 14.5. The van der Waals surface area contributed by atoms with E-state index in [4.69, 9.17) is 14.2 Å². The SMILES string of the molecule is COc1ccccc1CCC(=O)Nc1ccc(C2OCCO2)cc1. The van der Waals surface area contributed by atoms with Crippen LogP contribution in [0.3, 0.4) is 0 Å². The molecule has 0 radical (unpaired) electrons. The van der Waals surface area contributed by atoms with Crippen molar-refractivity contribution < 1.29 is 19.0 Å². The number of benzene rings is 2. The van der Waals surface area contributed by atoms with Crippen LogP contribution in [0.1, 0.15) is 23.8 Å². The maximum atomic E-state index is 12.1. The number of anilines is 1. The number of para-hydroxylation sites is 1. The van der Waals surface area contributed by atoms with E-state index in [-0.39, 0.29) is 12.2 Å². The zero-order chi connectivity index (χ0) is 16.8. The van der Waals surface area contributed by atoms with E-state index < -0.39 is 0 Å². The maximum Gasteiger partial charge on any atom is 0.224 e. The van der Waals surface area contributed by atoms with Crippen LogP contribution in [-0.4, -0.2) is 26.2 Å². The third kappa shape index (κ3) is 4.13. The summed E-state index contributed by atoms with van der Waals surface area (Å²) in [6.45, 7) is 1.23. The van der Waals surface area contributed by atoms with Crippen LogP contribution in [0.25, 0.3) is 0 Å². The average molecular weight is 327 g/mol. The molecule has 0 bridgehead atoms. The minimum Gasteiger partial charge on any atom is -0.496 e. The lowest BCUT2D eigenvalue weighted by atomic mass is 10.1. The van der Waals surface area contributed by atoms with Crippen molar-refractivity contribution in [2.75, 3.05) is 25.6 Å². The molecule has 2 aromatic rings. The van der Waals surface area contributed by atoms with E-state index in [1.165, 1.54) is 0 Å². The van der Waals surface area contributed by atoms with Crippen molar-refractivity contribution in [3.05, 3.63) is 59.7 Å². The molecule has 5 heteroatoms. The Morgan fingerprint density at radius 2 is 1.83 bits per heavy atom. The molecule has 0 aliphatic carbocycles. The summed E-state index contributed by atoms with van der Waals surface area (Å²) >= 11 is 0. The fourth-order valence-electron chi connectivity index (χ4n) is 2.66. The van der Waals surface area contributed by atoms with Crippen LogP contribution in [0.2, 0.25) is 0 Å². The van der Waals surface area contributed by atoms with Gasteiger partial charge in [0.2, 0.25) is 5.91 Å². The average Bonchev–Trinajstić information content (AvgIpc) is 3.15. The van der Waals surface area contributed by atoms with E-state index in [0.29, 0.717) is 26.1 Å². The van der Waals surface area contributed by atoms with Gasteiger partial charge in [0.15, 0.2) is 6.29 Å². The second kappa shape index (κ2) is 7.95. The molecule has 1 amide bonds. The molecule has 1 fully saturated rings. The number of carbonyl (C=O) groups is 1. The topological polar surface area (TPSA) is 56.8 Å². The first-order valence-electron chi connectivity index (χ1n) is 8.01. The highest BCUT2D eigenvalue weighted by Gasteiger charge is 2.17. The lowest BCUT2D eigenvalue weighted by Crippen LogP contribution is -2.12. The van der Waals surface area contributed by atoms with Crippen LogP contribution < -0.4 is 10.1 Å². The van der Waals surface area contributed by atoms with Crippen LogP contribution in [0.4, 0.5) is 5.69 Å². The Morgan fingerprint density at radius 1 is 1.12 bits per heavy atom. The molecular weight excluding hydrogens is 306 g/mol. The second-order valence-electron chi connectivity index (χ2n) is 5.56. The van der Waals surface area contributed by atoms with Gasteiger partial charge in [-0.1, -0.05) is 30.3 Å². The van der Waals surface area contributed by atoms with Gasteiger partial charge in [0.05, 0.1) is 20.3 Å². The van der Waals surface area contributed by atoms with Gasteiger partial charge in [0.1, 0.15) is 5.75 Å². The molecule has 1 aliphatic rings. The molecule has 126 valence electrons. The van der Waals surface area contributed by atoms with Crippen molar-refractivity contribution >= 4 is 11.6 Å². The van der Waals surface area contributed by atoms with E-state index >= 15 is 0 Å².